The molecule has 0 bridgehead atoms. The molecular weight excluding hydrogens is 416 g/mol. The highest BCUT2D eigenvalue weighted by atomic mass is 32.8. The fourth-order valence-electron chi connectivity index (χ4n) is 2.21. The molecule has 4 unspecified atom stereocenters. The van der Waals surface area contributed by atoms with Gasteiger partial charge in [-0.15, -0.1) is 0 Å². The molecule has 24 heavy (non-hydrogen) atoms. The van der Waals surface area contributed by atoms with Crippen LogP contribution in [0.1, 0.15) is 0 Å². The van der Waals surface area contributed by atoms with Crippen molar-refractivity contribution in [2.45, 2.75) is 29.9 Å². The van der Waals surface area contributed by atoms with Crippen LogP contribution in [0.5, 0.6) is 0 Å². The summed E-state index contributed by atoms with van der Waals surface area (Å²) in [6.07, 6.45) is -5.75. The van der Waals surface area contributed by atoms with E-state index in [0.29, 0.717) is 0 Å². The van der Waals surface area contributed by atoms with E-state index in [9.17, 15) is 24.2 Å². The Labute approximate surface area is 147 Å². The Morgan fingerprint density at radius 2 is 1.67 bits per heavy atom. The molecule has 0 radical (unpaired) electrons. The molecule has 0 amide bonds. The van der Waals surface area contributed by atoms with E-state index in [1.54, 1.807) is 0 Å². The molecule has 0 spiro atoms. The van der Waals surface area contributed by atoms with E-state index in [1.807, 2.05) is 0 Å². The minimum Gasteiger partial charge on any atom is -0.709 e. The molecule has 1 aliphatic rings. The Bertz CT molecular complexity index is 590. The van der Waals surface area contributed by atoms with E-state index in [2.05, 4.69) is 41.0 Å². The van der Waals surface area contributed by atoms with Crippen molar-refractivity contribution < 1.29 is 57.0 Å². The molecule has 144 valence electrons. The van der Waals surface area contributed by atoms with Crippen molar-refractivity contribution in [1.82, 2.24) is 0 Å². The fourth-order valence-corrected chi connectivity index (χ4v) is 5.07. The zero-order valence-corrected chi connectivity index (χ0v) is 15.4. The van der Waals surface area contributed by atoms with Gasteiger partial charge in [-0.25, -0.2) is 13.3 Å². The Hall–Kier alpha value is 0.340. The van der Waals surface area contributed by atoms with Gasteiger partial charge in [-0.2, -0.15) is 0 Å². The molecule has 0 aliphatic carbocycles. The molecule has 1 aliphatic heterocycles. The summed E-state index contributed by atoms with van der Waals surface area (Å²) in [5, 5.41) is 33.3. The quantitative estimate of drug-likeness (QED) is 0.253. The summed E-state index contributed by atoms with van der Waals surface area (Å²) in [6, 6.07) is 0. The minimum atomic E-state index is -3.99. The molecule has 1 saturated heterocycles. The summed E-state index contributed by atoms with van der Waals surface area (Å²) in [7, 11) is -5.54. The maximum atomic E-state index is 12.2. The van der Waals surface area contributed by atoms with Gasteiger partial charge in [-0.1, -0.05) is 0 Å². The zero-order chi connectivity index (χ0) is 18.5. The summed E-state index contributed by atoms with van der Waals surface area (Å²) < 4.78 is 46.1. The van der Waals surface area contributed by atoms with Gasteiger partial charge >= 0.3 is 0 Å². The van der Waals surface area contributed by atoms with Crippen LogP contribution < -0.4 is 15.8 Å². The summed E-state index contributed by atoms with van der Waals surface area (Å²) in [5.41, 5.74) is 0. The third-order valence-corrected chi connectivity index (χ3v) is 6.85. The van der Waals surface area contributed by atoms with Crippen molar-refractivity contribution in [2.24, 2.45) is 0 Å². The van der Waals surface area contributed by atoms with Crippen LogP contribution >= 0.6 is 0 Å². The first kappa shape index (κ1) is 22.4. The summed E-state index contributed by atoms with van der Waals surface area (Å²) in [4.78, 5) is 4.43. The second kappa shape index (κ2) is 9.33. The molecule has 1 heterocycles. The lowest BCUT2D eigenvalue weighted by molar-refractivity contribution is -0.807. The van der Waals surface area contributed by atoms with Crippen LogP contribution in [0.4, 0.5) is 0 Å². The Morgan fingerprint density at radius 3 is 2.08 bits per heavy atom. The van der Waals surface area contributed by atoms with Gasteiger partial charge in [-0.3, -0.25) is 5.04 Å². The van der Waals surface area contributed by atoms with E-state index in [4.69, 9.17) is 14.2 Å². The van der Waals surface area contributed by atoms with Gasteiger partial charge in [0.1, 0.15) is 41.1 Å². The van der Waals surface area contributed by atoms with Crippen molar-refractivity contribution in [1.29, 1.82) is 0 Å². The lowest BCUT2D eigenvalue weighted by Gasteiger charge is -2.45. The van der Waals surface area contributed by atoms with E-state index in [1.165, 1.54) is 0 Å². The molecule has 0 aromatic heterocycles. The molecule has 0 aromatic carbocycles. The molecular formula is C8H13O12S4-3. The maximum absolute atomic E-state index is 12.2. The van der Waals surface area contributed by atoms with E-state index in [-0.39, 0.29) is 0 Å². The number of hydrogen-bond acceptors (Lipinski definition) is 14. The standard InChI is InChI=1S/C8H16O12S4/c1-14-6-5(17-18-9)4(3-23(12,21)19-10)16-8(15-2)7(6)24(13,22)20-11/h4-11H,3H2,1-2H3/p-3/t4?,5-,6+,7?,8+,23?,24?/m1/s1. The minimum absolute atomic E-state index is 0.719. The van der Waals surface area contributed by atoms with Crippen LogP contribution in [0.25, 0.3) is 0 Å². The predicted octanol–water partition coefficient (Wildman–Crippen LogP) is -4.76. The molecule has 7 atom stereocenters. The average molecular weight is 429 g/mol. The monoisotopic (exact) mass is 429 g/mol. The SMILES string of the molecule is CO[C@H]1OC(CS(=O)(=S)O[O-])[C@@H](OO[O-])[C@H](OC)C1S(=O)(=S)O[O-]. The highest BCUT2D eigenvalue weighted by Crippen LogP contribution is 2.31. The molecule has 0 saturated carbocycles. The van der Waals surface area contributed by atoms with Crippen LogP contribution in [0, 0.1) is 0 Å². The number of rotatable bonds is 9. The first-order chi connectivity index (χ1) is 11.2. The fraction of sp³-hybridized carbons (Fsp3) is 1.00. The van der Waals surface area contributed by atoms with Crippen LogP contribution in [0.3, 0.4) is 0 Å². The highest BCUT2D eigenvalue weighted by molar-refractivity contribution is 8.30. The van der Waals surface area contributed by atoms with Gasteiger partial charge in [0.2, 0.25) is 0 Å². The summed E-state index contributed by atoms with van der Waals surface area (Å²) in [5.74, 6) is -0.719. The van der Waals surface area contributed by atoms with Crippen molar-refractivity contribution in [3.63, 3.8) is 0 Å². The summed E-state index contributed by atoms with van der Waals surface area (Å²) in [6.45, 7) is 0. The number of methoxy groups -OCH3 is 2. The topological polar surface area (TPSA) is 168 Å². The second-order valence-corrected chi connectivity index (χ2v) is 10.6. The third kappa shape index (κ3) is 5.17. The zero-order valence-electron chi connectivity index (χ0n) is 12.1. The van der Waals surface area contributed by atoms with E-state index < -0.39 is 53.2 Å². The first-order valence-electron chi connectivity index (χ1n) is 5.93. The van der Waals surface area contributed by atoms with Crippen molar-refractivity contribution in [3.8, 4) is 0 Å². The number of ether oxygens (including phenoxy) is 3. The molecule has 16 heteroatoms. The van der Waals surface area contributed by atoms with Gasteiger partial charge in [0.25, 0.3) is 0 Å². The van der Waals surface area contributed by atoms with E-state index in [0.717, 1.165) is 14.2 Å². The van der Waals surface area contributed by atoms with E-state index >= 15 is 0 Å². The summed E-state index contributed by atoms with van der Waals surface area (Å²) >= 11 is 9.03. The lowest BCUT2D eigenvalue weighted by Crippen LogP contribution is -2.63. The molecule has 0 N–H and O–H groups in total. The maximum Gasteiger partial charge on any atom is 0.177 e. The van der Waals surface area contributed by atoms with Gasteiger partial charge < -0.3 is 38.6 Å². The van der Waals surface area contributed by atoms with Gasteiger partial charge in [0, 0.05) is 36.6 Å². The lowest BCUT2D eigenvalue weighted by atomic mass is 10.0. The van der Waals surface area contributed by atoms with Crippen LogP contribution in [-0.4, -0.2) is 58.2 Å². The largest absolute Gasteiger partial charge is 0.709 e. The molecule has 1 rings (SSSR count). The Balaban J connectivity index is 3.28. The van der Waals surface area contributed by atoms with Gasteiger partial charge in [0.15, 0.2) is 6.29 Å². The first-order valence-corrected chi connectivity index (χ1v) is 11.0. The predicted molar refractivity (Wildman–Crippen MR) is 74.3 cm³/mol. The highest BCUT2D eigenvalue weighted by Gasteiger charge is 2.52. The van der Waals surface area contributed by atoms with Crippen LogP contribution in [0.15, 0.2) is 0 Å². The average Bonchev–Trinajstić information content (AvgIpc) is 2.55. The normalized spacial score (nSPS) is 36.0. The Morgan fingerprint density at radius 1 is 1.04 bits per heavy atom. The van der Waals surface area contributed by atoms with Gasteiger partial charge in [-0.05, 0) is 0 Å². The van der Waals surface area contributed by atoms with Crippen LogP contribution in [0.2, 0.25) is 0 Å². The molecule has 12 nitrogen and oxygen atoms in total. The molecule has 0 aromatic rings. The van der Waals surface area contributed by atoms with Crippen molar-refractivity contribution in [2.75, 3.05) is 20.0 Å². The van der Waals surface area contributed by atoms with Gasteiger partial charge in [0.05, 0.1) is 5.75 Å². The second-order valence-electron chi connectivity index (χ2n) is 4.43. The Kier molecular flexibility index (Phi) is 8.70. The third-order valence-electron chi connectivity index (χ3n) is 3.15. The number of hydrogen-bond donors (Lipinski definition) is 0. The molecule has 1 fully saturated rings. The smallest absolute Gasteiger partial charge is 0.177 e. The van der Waals surface area contributed by atoms with Crippen molar-refractivity contribution in [3.05, 3.63) is 0 Å². The van der Waals surface area contributed by atoms with Crippen molar-refractivity contribution >= 4 is 39.9 Å². The van der Waals surface area contributed by atoms with Crippen LogP contribution in [-0.2, 0) is 72.7 Å².